The number of hydrogen-bond acceptors (Lipinski definition) is 0. The van der Waals surface area contributed by atoms with Crippen LogP contribution in [0.3, 0.4) is 0 Å². The lowest BCUT2D eigenvalue weighted by molar-refractivity contribution is 0.365. The van der Waals surface area contributed by atoms with E-state index in [4.69, 9.17) is 0 Å². The van der Waals surface area contributed by atoms with Gasteiger partial charge in [0, 0.05) is 11.5 Å². The highest BCUT2D eigenvalue weighted by Gasteiger charge is 2.29. The zero-order valence-electron chi connectivity index (χ0n) is 8.74. The Bertz CT molecular complexity index is 449. The zero-order chi connectivity index (χ0) is 12.6. The van der Waals surface area contributed by atoms with E-state index < -0.39 is 40.6 Å². The van der Waals surface area contributed by atoms with E-state index in [1.807, 2.05) is 0 Å². The van der Waals surface area contributed by atoms with Gasteiger partial charge in [0.1, 0.15) is 0 Å². The molecule has 0 saturated heterocycles. The third-order valence-electron chi connectivity index (χ3n) is 2.87. The average molecular weight is 248 g/mol. The van der Waals surface area contributed by atoms with E-state index in [0.717, 1.165) is 6.42 Å². The number of benzene rings is 1. The quantitative estimate of drug-likeness (QED) is 0.302. The Balaban J connectivity index is 2.60. The summed E-state index contributed by atoms with van der Waals surface area (Å²) in [4.78, 5) is 0. The summed E-state index contributed by atoms with van der Waals surface area (Å²) in [6.07, 6.45) is 4.98. The Morgan fingerprint density at radius 3 is 1.82 bits per heavy atom. The number of allylic oxidation sites excluding steroid dienone is 2. The molecule has 1 aromatic rings. The summed E-state index contributed by atoms with van der Waals surface area (Å²) in [5.74, 6) is -10.1. The molecule has 0 aromatic heterocycles. The van der Waals surface area contributed by atoms with Crippen LogP contribution in [0.25, 0.3) is 0 Å². The molecule has 17 heavy (non-hydrogen) atoms. The van der Waals surface area contributed by atoms with Crippen LogP contribution in [0.4, 0.5) is 22.0 Å². The van der Waals surface area contributed by atoms with Gasteiger partial charge in [-0.15, -0.1) is 0 Å². The smallest absolute Gasteiger partial charge is 0.200 e. The second-order valence-electron chi connectivity index (χ2n) is 3.95. The van der Waals surface area contributed by atoms with Crippen molar-refractivity contribution in [1.82, 2.24) is 0 Å². The molecule has 0 radical (unpaired) electrons. The maximum atomic E-state index is 13.4. The second-order valence-corrected chi connectivity index (χ2v) is 3.95. The molecule has 1 aliphatic rings. The number of hydrogen-bond donors (Lipinski definition) is 0. The molecule has 1 aromatic carbocycles. The summed E-state index contributed by atoms with van der Waals surface area (Å²) in [7, 11) is 0. The Morgan fingerprint density at radius 1 is 0.824 bits per heavy atom. The maximum absolute atomic E-state index is 13.4. The lowest BCUT2D eigenvalue weighted by Gasteiger charge is -2.18. The van der Waals surface area contributed by atoms with Crippen LogP contribution in [0.5, 0.6) is 0 Å². The van der Waals surface area contributed by atoms with E-state index in [9.17, 15) is 22.0 Å². The number of rotatable bonds is 1. The lowest BCUT2D eigenvalue weighted by Crippen LogP contribution is -2.11. The van der Waals surface area contributed by atoms with Crippen molar-refractivity contribution in [2.75, 3.05) is 0 Å². The van der Waals surface area contributed by atoms with E-state index in [-0.39, 0.29) is 0 Å². The van der Waals surface area contributed by atoms with Crippen LogP contribution < -0.4 is 0 Å². The molecule has 0 amide bonds. The van der Waals surface area contributed by atoms with Crippen LogP contribution >= 0.6 is 0 Å². The molecule has 0 unspecified atom stereocenters. The van der Waals surface area contributed by atoms with Crippen molar-refractivity contribution in [2.24, 2.45) is 0 Å². The van der Waals surface area contributed by atoms with E-state index >= 15 is 0 Å². The molecule has 0 nitrogen and oxygen atoms in total. The van der Waals surface area contributed by atoms with Gasteiger partial charge in [0.2, 0.25) is 5.82 Å². The van der Waals surface area contributed by atoms with E-state index in [1.54, 1.807) is 6.08 Å². The Morgan fingerprint density at radius 2 is 1.35 bits per heavy atom. The molecule has 0 bridgehead atoms. The molecule has 92 valence electrons. The van der Waals surface area contributed by atoms with E-state index in [1.165, 1.54) is 6.08 Å². The summed E-state index contributed by atoms with van der Waals surface area (Å²) in [5.41, 5.74) is -0.725. The van der Waals surface area contributed by atoms with Crippen molar-refractivity contribution in [3.63, 3.8) is 0 Å². The van der Waals surface area contributed by atoms with Crippen LogP contribution in [0.1, 0.15) is 30.7 Å². The van der Waals surface area contributed by atoms with Gasteiger partial charge in [-0.1, -0.05) is 12.2 Å². The van der Waals surface area contributed by atoms with E-state index in [2.05, 4.69) is 0 Å². The second kappa shape index (κ2) is 4.47. The van der Waals surface area contributed by atoms with Crippen molar-refractivity contribution in [3.8, 4) is 0 Å². The monoisotopic (exact) mass is 248 g/mol. The summed E-state index contributed by atoms with van der Waals surface area (Å²) in [6, 6.07) is 0. The van der Waals surface area contributed by atoms with Gasteiger partial charge < -0.3 is 0 Å². The highest BCUT2D eigenvalue weighted by atomic mass is 19.2. The summed E-state index contributed by atoms with van der Waals surface area (Å²) < 4.78 is 65.6. The van der Waals surface area contributed by atoms with Gasteiger partial charge in [0.15, 0.2) is 23.3 Å². The first-order valence-electron chi connectivity index (χ1n) is 5.22. The van der Waals surface area contributed by atoms with Gasteiger partial charge >= 0.3 is 0 Å². The third-order valence-corrected chi connectivity index (χ3v) is 2.87. The lowest BCUT2D eigenvalue weighted by atomic mass is 9.88. The summed E-state index contributed by atoms with van der Waals surface area (Å²) in [5, 5.41) is 0. The highest BCUT2D eigenvalue weighted by molar-refractivity contribution is 5.30. The first kappa shape index (κ1) is 12.1. The van der Waals surface area contributed by atoms with Crippen molar-refractivity contribution in [1.29, 1.82) is 0 Å². The predicted octanol–water partition coefficient (Wildman–Crippen LogP) is 4.21. The molecule has 0 aliphatic heterocycles. The van der Waals surface area contributed by atoms with Gasteiger partial charge in [-0.05, 0) is 19.3 Å². The molecule has 2 rings (SSSR count). The van der Waals surface area contributed by atoms with Gasteiger partial charge in [-0.2, -0.15) is 0 Å². The topological polar surface area (TPSA) is 0 Å². The first-order chi connectivity index (χ1) is 8.04. The van der Waals surface area contributed by atoms with Gasteiger partial charge in [-0.25, -0.2) is 22.0 Å². The molecule has 0 heterocycles. The van der Waals surface area contributed by atoms with Crippen LogP contribution in [0.15, 0.2) is 12.2 Å². The summed E-state index contributed by atoms with van der Waals surface area (Å²) in [6.45, 7) is 0. The van der Waals surface area contributed by atoms with Gasteiger partial charge in [-0.3, -0.25) is 0 Å². The SMILES string of the molecule is Fc1c(F)c(F)c([C@H]2C=CCCC2)c(F)c1F. The van der Waals surface area contributed by atoms with Crippen molar-refractivity contribution < 1.29 is 22.0 Å². The highest BCUT2D eigenvalue weighted by Crippen LogP contribution is 2.34. The standard InChI is InChI=1S/C12H9F5/c13-8-7(6-4-2-1-3-5-6)9(14)11(16)12(17)10(8)15/h2,4,6H,1,3,5H2/t6-/m0/s1. The van der Waals surface area contributed by atoms with Crippen molar-refractivity contribution in [3.05, 3.63) is 46.8 Å². The largest absolute Gasteiger partial charge is 0.203 e. The fourth-order valence-electron chi connectivity index (χ4n) is 2.00. The van der Waals surface area contributed by atoms with Gasteiger partial charge in [0.25, 0.3) is 0 Å². The molecule has 5 heteroatoms. The first-order valence-corrected chi connectivity index (χ1v) is 5.22. The molecule has 0 fully saturated rings. The maximum Gasteiger partial charge on any atom is 0.200 e. The predicted molar refractivity (Wildman–Crippen MR) is 52.0 cm³/mol. The Hall–Kier alpha value is -1.39. The molecule has 0 N–H and O–H groups in total. The van der Waals surface area contributed by atoms with Crippen molar-refractivity contribution >= 4 is 0 Å². The fourth-order valence-corrected chi connectivity index (χ4v) is 2.00. The van der Waals surface area contributed by atoms with Crippen LogP contribution in [-0.2, 0) is 0 Å². The van der Waals surface area contributed by atoms with Crippen molar-refractivity contribution in [2.45, 2.75) is 25.2 Å². The zero-order valence-corrected chi connectivity index (χ0v) is 8.74. The van der Waals surface area contributed by atoms with Crippen LogP contribution in [-0.4, -0.2) is 0 Å². The minimum atomic E-state index is -2.11. The molecule has 0 saturated carbocycles. The normalized spacial score (nSPS) is 19.7. The fraction of sp³-hybridized carbons (Fsp3) is 0.333. The summed E-state index contributed by atoms with van der Waals surface area (Å²) >= 11 is 0. The molecule has 0 spiro atoms. The molecule has 1 aliphatic carbocycles. The minimum absolute atomic E-state index is 0.384. The van der Waals surface area contributed by atoms with Crippen LogP contribution in [0.2, 0.25) is 0 Å². The average Bonchev–Trinajstić information content (AvgIpc) is 2.36. The Kier molecular flexibility index (Phi) is 3.17. The van der Waals surface area contributed by atoms with Crippen LogP contribution in [0, 0.1) is 29.1 Å². The Labute approximate surface area is 94.8 Å². The third kappa shape index (κ3) is 1.94. The molecular weight excluding hydrogens is 239 g/mol. The number of halogens is 5. The van der Waals surface area contributed by atoms with E-state index in [0.29, 0.717) is 12.8 Å². The molecule has 1 atom stereocenters. The minimum Gasteiger partial charge on any atom is -0.203 e. The van der Waals surface area contributed by atoms with Gasteiger partial charge in [0.05, 0.1) is 0 Å². The molecular formula is C12H9F5.